The third kappa shape index (κ3) is 10.7. The summed E-state index contributed by atoms with van der Waals surface area (Å²) in [5, 5.41) is 12.0. The molecule has 0 heterocycles. The van der Waals surface area contributed by atoms with E-state index in [-0.39, 0.29) is 24.8 Å². The van der Waals surface area contributed by atoms with Crippen LogP contribution in [0.3, 0.4) is 0 Å². The lowest BCUT2D eigenvalue weighted by molar-refractivity contribution is -0.141. The first-order chi connectivity index (χ1) is 17.4. The Morgan fingerprint density at radius 1 is 0.889 bits per heavy atom. The van der Waals surface area contributed by atoms with Gasteiger partial charge in [-0.1, -0.05) is 91.9 Å². The molecule has 1 unspecified atom stereocenters. The fourth-order valence-corrected chi connectivity index (χ4v) is 3.70. The van der Waals surface area contributed by atoms with Gasteiger partial charge in [-0.25, -0.2) is 0 Å². The molecule has 0 spiro atoms. The largest absolute Gasteiger partial charge is 0.481 e. The zero-order chi connectivity index (χ0) is 26.2. The summed E-state index contributed by atoms with van der Waals surface area (Å²) in [4.78, 5) is 33.6. The Bertz CT molecular complexity index is 1050. The van der Waals surface area contributed by atoms with Crippen LogP contribution in [0.15, 0.2) is 84.9 Å². The number of methoxy groups -OCH3 is 1. The molecule has 0 aliphatic rings. The van der Waals surface area contributed by atoms with Gasteiger partial charge in [0, 0.05) is 26.0 Å². The smallest absolute Gasteiger partial charge is 0.306 e. The topological polar surface area (TPSA) is 92.7 Å². The molecule has 3 rings (SSSR count). The minimum atomic E-state index is -0.887. The number of carboxylic acids is 1. The molecule has 0 saturated heterocycles. The van der Waals surface area contributed by atoms with Gasteiger partial charge in [0.25, 0.3) is 0 Å². The highest BCUT2D eigenvalue weighted by atomic mass is 16.5. The minimum Gasteiger partial charge on any atom is -0.481 e. The van der Waals surface area contributed by atoms with Crippen molar-refractivity contribution in [2.45, 2.75) is 45.3 Å². The summed E-state index contributed by atoms with van der Waals surface area (Å²) in [6, 6.07) is 27.9. The maximum Gasteiger partial charge on any atom is 0.306 e. The molecule has 36 heavy (non-hydrogen) atoms. The Hall–Kier alpha value is -3.77. The molecule has 1 amide bonds. The first kappa shape index (κ1) is 28.5. The van der Waals surface area contributed by atoms with Crippen molar-refractivity contribution in [3.8, 4) is 11.1 Å². The Kier molecular flexibility index (Phi) is 12.7. The standard InChI is InChI=1S/C22H25NO4.C8H10O/c1-16(22(26)27)14-20(23-21(25)8-5-13-24)15-17-9-11-19(12-10-17)18-6-3-2-4-7-18;1-9-7-8-5-3-2-4-6-8/h2-4,6-7,9-13,16,20H,5,8,14-15H2,1H3,(H,23,25)(H,26,27);2-6H,7H2,1H3/t16?,20-;/m0./s1. The Labute approximate surface area is 213 Å². The number of carbonyl (C=O) groups excluding carboxylic acids is 2. The lowest BCUT2D eigenvalue weighted by atomic mass is 9.95. The summed E-state index contributed by atoms with van der Waals surface area (Å²) in [5.74, 6) is -1.68. The lowest BCUT2D eigenvalue weighted by Gasteiger charge is -2.21. The number of benzene rings is 3. The molecule has 0 radical (unpaired) electrons. The van der Waals surface area contributed by atoms with E-state index in [2.05, 4.69) is 5.32 Å². The summed E-state index contributed by atoms with van der Waals surface area (Å²) >= 11 is 0. The summed E-state index contributed by atoms with van der Waals surface area (Å²) in [7, 11) is 1.70. The first-order valence-corrected chi connectivity index (χ1v) is 12.1. The molecule has 3 aromatic carbocycles. The van der Waals surface area contributed by atoms with Crippen LogP contribution in [0, 0.1) is 5.92 Å². The Morgan fingerprint density at radius 3 is 2.03 bits per heavy atom. The average molecular weight is 490 g/mol. The summed E-state index contributed by atoms with van der Waals surface area (Å²) in [6.45, 7) is 2.34. The van der Waals surface area contributed by atoms with Crippen LogP contribution in [-0.4, -0.2) is 36.4 Å². The molecule has 6 heteroatoms. The van der Waals surface area contributed by atoms with E-state index in [1.807, 2.05) is 84.9 Å². The quantitative estimate of drug-likeness (QED) is 0.337. The highest BCUT2D eigenvalue weighted by Gasteiger charge is 2.20. The number of carboxylic acid groups (broad SMARTS) is 1. The van der Waals surface area contributed by atoms with Gasteiger partial charge in [-0.05, 0) is 35.1 Å². The summed E-state index contributed by atoms with van der Waals surface area (Å²) in [5.41, 5.74) is 4.47. The van der Waals surface area contributed by atoms with Gasteiger partial charge in [0.1, 0.15) is 6.29 Å². The predicted octanol–water partition coefficient (Wildman–Crippen LogP) is 5.30. The number of rotatable bonds is 12. The third-order valence-corrected chi connectivity index (χ3v) is 5.61. The molecule has 0 bridgehead atoms. The molecule has 2 atom stereocenters. The molecule has 3 aromatic rings. The van der Waals surface area contributed by atoms with Gasteiger partial charge in [0.05, 0.1) is 12.5 Å². The van der Waals surface area contributed by atoms with E-state index >= 15 is 0 Å². The fraction of sp³-hybridized carbons (Fsp3) is 0.300. The molecule has 0 fully saturated rings. The molecular weight excluding hydrogens is 454 g/mol. The Balaban J connectivity index is 0.000000425. The SMILES string of the molecule is CC(C[C@@H](Cc1ccc(-c2ccccc2)cc1)NC(=O)CCC=O)C(=O)O.COCc1ccccc1. The van der Waals surface area contributed by atoms with Gasteiger partial charge >= 0.3 is 5.97 Å². The van der Waals surface area contributed by atoms with E-state index in [0.717, 1.165) is 16.7 Å². The number of aldehydes is 1. The molecule has 6 nitrogen and oxygen atoms in total. The van der Waals surface area contributed by atoms with E-state index < -0.39 is 11.9 Å². The first-order valence-electron chi connectivity index (χ1n) is 12.1. The van der Waals surface area contributed by atoms with Crippen molar-refractivity contribution in [1.29, 1.82) is 0 Å². The molecule has 2 N–H and O–H groups in total. The molecule has 190 valence electrons. The van der Waals surface area contributed by atoms with Crippen molar-refractivity contribution in [3.05, 3.63) is 96.1 Å². The number of carbonyl (C=O) groups is 3. The van der Waals surface area contributed by atoms with E-state index in [4.69, 9.17) is 4.74 Å². The monoisotopic (exact) mass is 489 g/mol. The van der Waals surface area contributed by atoms with Crippen LogP contribution in [0.5, 0.6) is 0 Å². The van der Waals surface area contributed by atoms with Gasteiger partial charge < -0.3 is 20.0 Å². The van der Waals surface area contributed by atoms with Crippen LogP contribution in [0.1, 0.15) is 37.3 Å². The van der Waals surface area contributed by atoms with Crippen LogP contribution in [-0.2, 0) is 32.1 Å². The van der Waals surface area contributed by atoms with Gasteiger partial charge in [0.2, 0.25) is 5.91 Å². The molecule has 0 aromatic heterocycles. The maximum absolute atomic E-state index is 12.0. The molecule has 0 saturated carbocycles. The zero-order valence-corrected chi connectivity index (χ0v) is 20.9. The van der Waals surface area contributed by atoms with Crippen LogP contribution < -0.4 is 5.32 Å². The number of aliphatic carboxylic acids is 1. The highest BCUT2D eigenvalue weighted by Crippen LogP contribution is 2.20. The van der Waals surface area contributed by atoms with Gasteiger partial charge in [-0.15, -0.1) is 0 Å². The van der Waals surface area contributed by atoms with Gasteiger partial charge in [-0.2, -0.15) is 0 Å². The normalized spacial score (nSPS) is 11.9. The number of amides is 1. The molecule has 0 aliphatic carbocycles. The average Bonchev–Trinajstić information content (AvgIpc) is 2.89. The second-order valence-corrected chi connectivity index (χ2v) is 8.63. The minimum absolute atomic E-state index is 0.119. The van der Waals surface area contributed by atoms with E-state index in [1.54, 1.807) is 14.0 Å². The zero-order valence-electron chi connectivity index (χ0n) is 20.9. The maximum atomic E-state index is 12.0. The number of hydrogen-bond acceptors (Lipinski definition) is 4. The summed E-state index contributed by atoms with van der Waals surface area (Å²) in [6.07, 6.45) is 1.87. The number of nitrogens with one attached hydrogen (secondary N) is 1. The van der Waals surface area contributed by atoms with Crippen molar-refractivity contribution in [1.82, 2.24) is 5.32 Å². The lowest BCUT2D eigenvalue weighted by Crippen LogP contribution is -2.38. The van der Waals surface area contributed by atoms with Crippen LogP contribution in [0.4, 0.5) is 0 Å². The van der Waals surface area contributed by atoms with Gasteiger partial charge in [-0.3, -0.25) is 9.59 Å². The number of hydrogen-bond donors (Lipinski definition) is 2. The van der Waals surface area contributed by atoms with Gasteiger partial charge in [0.15, 0.2) is 0 Å². The predicted molar refractivity (Wildman–Crippen MR) is 141 cm³/mol. The third-order valence-electron chi connectivity index (χ3n) is 5.61. The fourth-order valence-electron chi connectivity index (χ4n) is 3.70. The summed E-state index contributed by atoms with van der Waals surface area (Å²) < 4.78 is 4.93. The second-order valence-electron chi connectivity index (χ2n) is 8.63. The Morgan fingerprint density at radius 2 is 1.47 bits per heavy atom. The van der Waals surface area contributed by atoms with Crippen molar-refractivity contribution < 1.29 is 24.2 Å². The van der Waals surface area contributed by atoms with E-state index in [9.17, 15) is 19.5 Å². The van der Waals surface area contributed by atoms with Crippen molar-refractivity contribution in [3.63, 3.8) is 0 Å². The van der Waals surface area contributed by atoms with Crippen LogP contribution in [0.25, 0.3) is 11.1 Å². The van der Waals surface area contributed by atoms with E-state index in [1.165, 1.54) is 5.56 Å². The van der Waals surface area contributed by atoms with Crippen molar-refractivity contribution in [2.24, 2.45) is 5.92 Å². The van der Waals surface area contributed by atoms with Crippen LogP contribution in [0.2, 0.25) is 0 Å². The molecular formula is C30H35NO5. The van der Waals surface area contributed by atoms with Crippen LogP contribution >= 0.6 is 0 Å². The number of ether oxygens (including phenoxy) is 1. The highest BCUT2D eigenvalue weighted by molar-refractivity contribution is 5.78. The van der Waals surface area contributed by atoms with Crippen molar-refractivity contribution in [2.75, 3.05) is 7.11 Å². The van der Waals surface area contributed by atoms with E-state index in [0.29, 0.717) is 25.7 Å². The van der Waals surface area contributed by atoms with Crippen molar-refractivity contribution >= 4 is 18.2 Å². The second kappa shape index (κ2) is 16.0. The molecule has 0 aliphatic heterocycles.